The molecule has 3 rings (SSSR count). The van der Waals surface area contributed by atoms with Crippen molar-refractivity contribution in [2.24, 2.45) is 5.41 Å². The minimum atomic E-state index is -1.43. The predicted molar refractivity (Wildman–Crippen MR) is 84.8 cm³/mol. The first kappa shape index (κ1) is 15.3. The molecular weight excluding hydrogens is 316 g/mol. The number of rotatable bonds is 4. The van der Waals surface area contributed by atoms with Crippen LogP contribution < -0.4 is 5.32 Å². The molecule has 2 aromatic rings. The lowest BCUT2D eigenvalue weighted by atomic mass is 9.76. The van der Waals surface area contributed by atoms with Gasteiger partial charge in [-0.15, -0.1) is 10.2 Å². The van der Waals surface area contributed by atoms with Crippen LogP contribution in [-0.2, 0) is 9.59 Å². The third-order valence-corrected chi connectivity index (χ3v) is 4.68. The van der Waals surface area contributed by atoms with Crippen LogP contribution in [0.3, 0.4) is 0 Å². The number of carboxylic acid groups (broad SMARTS) is 1. The van der Waals surface area contributed by atoms with Crippen LogP contribution in [0.15, 0.2) is 36.7 Å². The van der Waals surface area contributed by atoms with Gasteiger partial charge in [0.25, 0.3) is 0 Å². The molecule has 7 nitrogen and oxygen atoms in total. The second kappa shape index (κ2) is 6.25. The summed E-state index contributed by atoms with van der Waals surface area (Å²) in [6, 6.07) is 3.58. The van der Waals surface area contributed by atoms with Crippen LogP contribution in [0.2, 0.25) is 0 Å². The van der Waals surface area contributed by atoms with Gasteiger partial charge in [0.05, 0.1) is 0 Å². The summed E-state index contributed by atoms with van der Waals surface area (Å²) in [5, 5.41) is 20.9. The second-order valence-corrected chi connectivity index (χ2v) is 6.18. The SMILES string of the molecule is O=C(O)C1(C(=O)Nc2nnc(-c3ccncc3)s2)CC=CCC1. The van der Waals surface area contributed by atoms with Crippen molar-refractivity contribution >= 4 is 28.3 Å². The quantitative estimate of drug-likeness (QED) is 0.658. The highest BCUT2D eigenvalue weighted by atomic mass is 32.1. The Hall–Kier alpha value is -2.61. The number of hydrogen-bond donors (Lipinski definition) is 2. The van der Waals surface area contributed by atoms with Gasteiger partial charge in [-0.2, -0.15) is 0 Å². The maximum Gasteiger partial charge on any atom is 0.319 e. The van der Waals surface area contributed by atoms with Crippen molar-refractivity contribution in [1.29, 1.82) is 0 Å². The van der Waals surface area contributed by atoms with E-state index < -0.39 is 17.3 Å². The molecule has 0 fully saturated rings. The number of nitrogens with zero attached hydrogens (tertiary/aromatic N) is 3. The molecule has 1 aliphatic carbocycles. The number of nitrogens with one attached hydrogen (secondary N) is 1. The van der Waals surface area contributed by atoms with Gasteiger partial charge in [-0.3, -0.25) is 19.9 Å². The van der Waals surface area contributed by atoms with Crippen LogP contribution in [0.4, 0.5) is 5.13 Å². The minimum absolute atomic E-state index is 0.185. The molecule has 1 atom stereocenters. The Morgan fingerprint density at radius 1 is 1.22 bits per heavy atom. The summed E-state index contributed by atoms with van der Waals surface area (Å²) in [5.41, 5.74) is -0.594. The van der Waals surface area contributed by atoms with E-state index in [0.717, 1.165) is 5.56 Å². The largest absolute Gasteiger partial charge is 0.480 e. The van der Waals surface area contributed by atoms with E-state index in [1.807, 2.05) is 6.08 Å². The van der Waals surface area contributed by atoms with Gasteiger partial charge in [-0.1, -0.05) is 23.5 Å². The lowest BCUT2D eigenvalue weighted by molar-refractivity contribution is -0.154. The Balaban J connectivity index is 1.79. The molecule has 0 aromatic carbocycles. The van der Waals surface area contributed by atoms with Crippen LogP contribution in [0.5, 0.6) is 0 Å². The number of anilines is 1. The molecule has 0 radical (unpaired) electrons. The van der Waals surface area contributed by atoms with Crippen molar-refractivity contribution in [1.82, 2.24) is 15.2 Å². The molecule has 1 amide bonds. The molecule has 118 valence electrons. The number of allylic oxidation sites excluding steroid dienone is 2. The number of carbonyl (C=O) groups excluding carboxylic acids is 1. The van der Waals surface area contributed by atoms with Gasteiger partial charge in [0.15, 0.2) is 5.41 Å². The zero-order valence-corrected chi connectivity index (χ0v) is 12.9. The van der Waals surface area contributed by atoms with Crippen molar-refractivity contribution in [3.05, 3.63) is 36.7 Å². The topological polar surface area (TPSA) is 105 Å². The zero-order valence-electron chi connectivity index (χ0n) is 12.1. The van der Waals surface area contributed by atoms with E-state index in [4.69, 9.17) is 0 Å². The molecule has 0 saturated carbocycles. The Kier molecular flexibility index (Phi) is 4.16. The number of carbonyl (C=O) groups is 2. The van der Waals surface area contributed by atoms with Crippen molar-refractivity contribution in [2.75, 3.05) is 5.32 Å². The summed E-state index contributed by atoms with van der Waals surface area (Å²) in [6.45, 7) is 0. The first-order valence-electron chi connectivity index (χ1n) is 7.05. The highest BCUT2D eigenvalue weighted by molar-refractivity contribution is 7.18. The fourth-order valence-electron chi connectivity index (χ4n) is 2.43. The number of hydrogen-bond acceptors (Lipinski definition) is 6. The van der Waals surface area contributed by atoms with E-state index in [9.17, 15) is 14.7 Å². The van der Waals surface area contributed by atoms with Crippen LogP contribution in [-0.4, -0.2) is 32.2 Å². The summed E-state index contributed by atoms with van der Waals surface area (Å²) >= 11 is 1.20. The Bertz CT molecular complexity index is 759. The fraction of sp³-hybridized carbons (Fsp3) is 0.267. The molecule has 1 unspecified atom stereocenters. The molecule has 1 aliphatic rings. The average molecular weight is 330 g/mol. The second-order valence-electron chi connectivity index (χ2n) is 5.20. The number of amides is 1. The average Bonchev–Trinajstić information content (AvgIpc) is 3.04. The van der Waals surface area contributed by atoms with E-state index in [0.29, 0.717) is 11.4 Å². The maximum absolute atomic E-state index is 12.5. The van der Waals surface area contributed by atoms with E-state index >= 15 is 0 Å². The lowest BCUT2D eigenvalue weighted by Gasteiger charge is -2.28. The summed E-state index contributed by atoms with van der Waals surface area (Å²) < 4.78 is 0. The molecule has 2 aromatic heterocycles. The van der Waals surface area contributed by atoms with Gasteiger partial charge in [0.1, 0.15) is 5.01 Å². The molecule has 0 bridgehead atoms. The van der Waals surface area contributed by atoms with Crippen molar-refractivity contribution in [3.63, 3.8) is 0 Å². The number of pyridine rings is 1. The van der Waals surface area contributed by atoms with E-state index in [2.05, 4.69) is 20.5 Å². The number of aliphatic carboxylic acids is 1. The highest BCUT2D eigenvalue weighted by Crippen LogP contribution is 2.35. The maximum atomic E-state index is 12.5. The van der Waals surface area contributed by atoms with Crippen molar-refractivity contribution < 1.29 is 14.7 Å². The molecular formula is C15H14N4O3S. The van der Waals surface area contributed by atoms with E-state index in [-0.39, 0.29) is 18.0 Å². The van der Waals surface area contributed by atoms with Crippen LogP contribution in [0, 0.1) is 5.41 Å². The molecule has 8 heteroatoms. The first-order chi connectivity index (χ1) is 11.1. The molecule has 0 saturated heterocycles. The third kappa shape index (κ3) is 2.98. The Labute approximate surface area is 136 Å². The zero-order chi connectivity index (χ0) is 16.3. The van der Waals surface area contributed by atoms with Gasteiger partial charge < -0.3 is 5.11 Å². The van der Waals surface area contributed by atoms with Gasteiger partial charge in [-0.05, 0) is 31.4 Å². The van der Waals surface area contributed by atoms with Crippen molar-refractivity contribution in [2.45, 2.75) is 19.3 Å². The smallest absolute Gasteiger partial charge is 0.319 e. The van der Waals surface area contributed by atoms with Gasteiger partial charge in [0.2, 0.25) is 11.0 Å². The summed E-state index contributed by atoms with van der Waals surface area (Å²) in [6.07, 6.45) is 7.94. The normalized spacial score (nSPS) is 20.2. The fourth-order valence-corrected chi connectivity index (χ4v) is 3.18. The Morgan fingerprint density at radius 2 is 2.00 bits per heavy atom. The molecule has 2 heterocycles. The molecule has 0 aliphatic heterocycles. The van der Waals surface area contributed by atoms with Crippen LogP contribution >= 0.6 is 11.3 Å². The minimum Gasteiger partial charge on any atom is -0.480 e. The van der Waals surface area contributed by atoms with E-state index in [1.54, 1.807) is 30.6 Å². The third-order valence-electron chi connectivity index (χ3n) is 3.79. The summed E-state index contributed by atoms with van der Waals surface area (Å²) in [5.74, 6) is -1.66. The molecule has 0 spiro atoms. The van der Waals surface area contributed by atoms with Crippen LogP contribution in [0.1, 0.15) is 19.3 Å². The first-order valence-corrected chi connectivity index (χ1v) is 7.87. The Morgan fingerprint density at radius 3 is 2.65 bits per heavy atom. The van der Waals surface area contributed by atoms with Gasteiger partial charge >= 0.3 is 5.97 Å². The molecule has 23 heavy (non-hydrogen) atoms. The summed E-state index contributed by atoms with van der Waals surface area (Å²) in [4.78, 5) is 28.0. The highest BCUT2D eigenvalue weighted by Gasteiger charge is 2.46. The van der Waals surface area contributed by atoms with Crippen molar-refractivity contribution in [3.8, 4) is 10.6 Å². The van der Waals surface area contributed by atoms with Gasteiger partial charge in [0, 0.05) is 18.0 Å². The lowest BCUT2D eigenvalue weighted by Crippen LogP contribution is -2.43. The van der Waals surface area contributed by atoms with Crippen LogP contribution in [0.25, 0.3) is 10.6 Å². The number of carboxylic acids is 1. The predicted octanol–water partition coefficient (Wildman–Crippen LogP) is 2.35. The van der Waals surface area contributed by atoms with E-state index in [1.165, 1.54) is 11.3 Å². The number of aromatic nitrogens is 3. The standard InChI is InChI=1S/C15H14N4O3S/c20-12(15(13(21)22)6-2-1-3-7-15)17-14-19-18-11(23-14)10-4-8-16-9-5-10/h1-2,4-5,8-9H,3,6-7H2,(H,21,22)(H,17,19,20). The monoisotopic (exact) mass is 330 g/mol. The van der Waals surface area contributed by atoms with Gasteiger partial charge in [-0.25, -0.2) is 0 Å². The molecule has 2 N–H and O–H groups in total. The summed E-state index contributed by atoms with van der Waals surface area (Å²) in [7, 11) is 0.